The van der Waals surface area contributed by atoms with Crippen molar-refractivity contribution in [3.8, 4) is 11.3 Å². The fourth-order valence-electron chi connectivity index (χ4n) is 3.05. The zero-order valence-electron chi connectivity index (χ0n) is 21.5. The van der Waals surface area contributed by atoms with E-state index < -0.39 is 40.4 Å². The number of carbonyl (C=O) groups is 1. The molecule has 1 aromatic heterocycles. The molecule has 3 N–H and O–H groups in total. The van der Waals surface area contributed by atoms with E-state index in [-0.39, 0.29) is 58.9 Å². The summed E-state index contributed by atoms with van der Waals surface area (Å²) in [6.07, 6.45) is 0.860. The zero-order valence-corrected chi connectivity index (χ0v) is 22.5. The maximum Gasteiger partial charge on any atom is 2.00 e. The maximum absolute atomic E-state index is 13.5. The normalized spacial score (nSPS) is 13.5. The Morgan fingerprint density at radius 1 is 1.21 bits per heavy atom. The molecule has 0 radical (unpaired) electrons. The number of hydrogen-bond acceptors (Lipinski definition) is 7. The van der Waals surface area contributed by atoms with Crippen LogP contribution in [0.4, 0.5) is 10.3 Å². The molecule has 0 aliphatic rings. The SMILES string of the molecule is CC(C)c1nc(N(C)S(C)(=O)=O)nc(-c2ccc(F)cc2)c1/C=C/[C@@H](O)C[C@@H](O)CC(=O)O.[Ca+2].[H-].[H-]. The number of hydrogen-bond donors (Lipinski definition) is 3. The number of benzene rings is 1. The van der Waals surface area contributed by atoms with Gasteiger partial charge < -0.3 is 18.2 Å². The zero-order chi connectivity index (χ0) is 24.9. The minimum Gasteiger partial charge on any atom is -1.00 e. The van der Waals surface area contributed by atoms with Gasteiger partial charge in [0.1, 0.15) is 5.82 Å². The third kappa shape index (κ3) is 8.54. The Morgan fingerprint density at radius 2 is 1.79 bits per heavy atom. The second kappa shape index (κ2) is 12.9. The smallest absolute Gasteiger partial charge is 1.00 e. The van der Waals surface area contributed by atoms with Crippen molar-refractivity contribution in [2.45, 2.75) is 44.8 Å². The van der Waals surface area contributed by atoms with Crippen molar-refractivity contribution >= 4 is 65.8 Å². The molecule has 34 heavy (non-hydrogen) atoms. The first kappa shape index (κ1) is 30.4. The van der Waals surface area contributed by atoms with E-state index in [9.17, 15) is 27.8 Å². The number of aliphatic carboxylic acids is 1. The molecule has 2 aromatic rings. The first-order chi connectivity index (χ1) is 15.3. The topological polar surface area (TPSA) is 141 Å². The Morgan fingerprint density at radius 3 is 2.29 bits per heavy atom. The third-order valence-corrected chi connectivity index (χ3v) is 5.97. The number of nitrogens with zero attached hydrogens (tertiary/aromatic N) is 3. The second-order valence-electron chi connectivity index (χ2n) is 7.98. The summed E-state index contributed by atoms with van der Waals surface area (Å²) in [6, 6.07) is 5.49. The number of sulfonamides is 1. The summed E-state index contributed by atoms with van der Waals surface area (Å²) in [4.78, 5) is 19.6. The number of halogens is 1. The number of aliphatic hydroxyl groups excluding tert-OH is 2. The van der Waals surface area contributed by atoms with Gasteiger partial charge >= 0.3 is 43.7 Å². The van der Waals surface area contributed by atoms with Crippen LogP contribution in [-0.4, -0.2) is 103 Å². The quantitative estimate of drug-likeness (QED) is 0.403. The summed E-state index contributed by atoms with van der Waals surface area (Å²) in [6.45, 7) is 3.71. The number of anilines is 1. The minimum atomic E-state index is -3.65. The fourth-order valence-corrected chi connectivity index (χ4v) is 3.42. The summed E-state index contributed by atoms with van der Waals surface area (Å²) in [5.74, 6) is -1.87. The average Bonchev–Trinajstić information content (AvgIpc) is 2.70. The summed E-state index contributed by atoms with van der Waals surface area (Å²) in [5.41, 5.74) is 1.80. The van der Waals surface area contributed by atoms with E-state index in [0.29, 0.717) is 22.5 Å². The predicted octanol–water partition coefficient (Wildman–Crippen LogP) is 2.25. The van der Waals surface area contributed by atoms with Gasteiger partial charge in [-0.15, -0.1) is 0 Å². The van der Waals surface area contributed by atoms with E-state index in [0.717, 1.165) is 10.6 Å². The number of aliphatic hydroxyl groups is 2. The van der Waals surface area contributed by atoms with Crippen molar-refractivity contribution in [3.63, 3.8) is 0 Å². The van der Waals surface area contributed by atoms with Gasteiger partial charge in [-0.25, -0.2) is 27.1 Å². The van der Waals surface area contributed by atoms with E-state index in [1.807, 2.05) is 13.8 Å². The van der Waals surface area contributed by atoms with E-state index in [2.05, 4.69) is 9.97 Å². The van der Waals surface area contributed by atoms with Gasteiger partial charge in [-0.2, -0.15) is 0 Å². The summed E-state index contributed by atoms with van der Waals surface area (Å²) >= 11 is 0. The molecule has 0 aliphatic carbocycles. The van der Waals surface area contributed by atoms with Gasteiger partial charge in [-0.3, -0.25) is 4.79 Å². The average molecular weight is 524 g/mol. The van der Waals surface area contributed by atoms with Gasteiger partial charge in [-0.1, -0.05) is 26.0 Å². The van der Waals surface area contributed by atoms with E-state index in [1.165, 1.54) is 43.5 Å². The van der Waals surface area contributed by atoms with Gasteiger partial charge in [0.15, 0.2) is 0 Å². The molecule has 9 nitrogen and oxygen atoms in total. The molecule has 0 spiro atoms. The number of carboxylic acids is 1. The Balaban J connectivity index is 0. The van der Waals surface area contributed by atoms with Crippen LogP contribution in [0, 0.1) is 5.82 Å². The van der Waals surface area contributed by atoms with Crippen molar-refractivity contribution in [2.75, 3.05) is 17.6 Å². The van der Waals surface area contributed by atoms with Gasteiger partial charge in [-0.05, 0) is 30.2 Å². The molecule has 0 aliphatic heterocycles. The van der Waals surface area contributed by atoms with Crippen LogP contribution in [0.2, 0.25) is 0 Å². The van der Waals surface area contributed by atoms with Crippen molar-refractivity contribution in [1.82, 2.24) is 9.97 Å². The van der Waals surface area contributed by atoms with Gasteiger partial charge in [0.25, 0.3) is 0 Å². The minimum absolute atomic E-state index is 0. The molecule has 0 saturated heterocycles. The molecule has 0 amide bonds. The third-order valence-electron chi connectivity index (χ3n) is 4.82. The van der Waals surface area contributed by atoms with Crippen LogP contribution >= 0.6 is 0 Å². The first-order valence-electron chi connectivity index (χ1n) is 10.2. The summed E-state index contributed by atoms with van der Waals surface area (Å²) in [7, 11) is -2.33. The number of rotatable bonds is 10. The predicted molar refractivity (Wildman–Crippen MR) is 131 cm³/mol. The van der Waals surface area contributed by atoms with Crippen molar-refractivity contribution in [2.24, 2.45) is 0 Å². The molecule has 0 unspecified atom stereocenters. The molecular weight excluding hydrogens is 493 g/mol. The Hall–Kier alpha value is -1.63. The molecule has 2 atom stereocenters. The van der Waals surface area contributed by atoms with E-state index in [1.54, 1.807) is 0 Å². The maximum atomic E-state index is 13.5. The van der Waals surface area contributed by atoms with Crippen LogP contribution < -0.4 is 4.31 Å². The van der Waals surface area contributed by atoms with Crippen molar-refractivity contribution in [3.05, 3.63) is 47.4 Å². The molecule has 1 heterocycles. The Kier molecular flexibility index (Phi) is 11.5. The van der Waals surface area contributed by atoms with Crippen molar-refractivity contribution in [1.29, 1.82) is 0 Å². The Labute approximate surface area is 231 Å². The molecule has 12 heteroatoms. The first-order valence-corrected chi connectivity index (χ1v) is 12.0. The molecule has 184 valence electrons. The molecular formula is C22H30CaFN3O6S. The van der Waals surface area contributed by atoms with E-state index >= 15 is 0 Å². The van der Waals surface area contributed by atoms with Crippen LogP contribution in [-0.2, 0) is 14.8 Å². The summed E-state index contributed by atoms with van der Waals surface area (Å²) < 4.78 is 38.6. The van der Waals surface area contributed by atoms with Crippen LogP contribution in [0.25, 0.3) is 17.3 Å². The van der Waals surface area contributed by atoms with Crippen LogP contribution in [0.15, 0.2) is 30.3 Å². The fraction of sp³-hybridized carbons (Fsp3) is 0.409. The number of aromatic nitrogens is 2. The van der Waals surface area contributed by atoms with Crippen LogP contribution in [0.5, 0.6) is 0 Å². The van der Waals surface area contributed by atoms with Crippen LogP contribution in [0.1, 0.15) is 46.7 Å². The van der Waals surface area contributed by atoms with Gasteiger partial charge in [0.05, 0.1) is 36.3 Å². The Bertz CT molecular complexity index is 1140. The molecule has 0 saturated carbocycles. The molecule has 1 aromatic carbocycles. The van der Waals surface area contributed by atoms with E-state index in [4.69, 9.17) is 5.11 Å². The van der Waals surface area contributed by atoms with Crippen molar-refractivity contribution < 1.29 is 35.8 Å². The second-order valence-corrected chi connectivity index (χ2v) is 9.99. The van der Waals surface area contributed by atoms with Gasteiger partial charge in [0, 0.05) is 24.6 Å². The molecule has 2 rings (SSSR count). The molecule has 0 fully saturated rings. The van der Waals surface area contributed by atoms with Crippen LogP contribution in [0.3, 0.4) is 0 Å². The van der Waals surface area contributed by atoms with Gasteiger partial charge in [0.2, 0.25) is 16.0 Å². The largest absolute Gasteiger partial charge is 2.00 e. The molecule has 0 bridgehead atoms. The standard InChI is InChI=1S/C22H28FN3O6S.Ca.2H/c1-13(2)20-18(10-9-16(27)11-17(28)12-19(29)30)21(14-5-7-15(23)8-6-14)25-22(24-20)26(3)33(4,31)32;;;/h5-10,13,16-17,27-28H,11-12H2,1-4H3,(H,29,30);;;/q;+2;2*-1/b10-9+;;;/t16-,17-;;;/m1.../s1. The number of carboxylic acid groups (broad SMARTS) is 1. The monoisotopic (exact) mass is 523 g/mol. The summed E-state index contributed by atoms with van der Waals surface area (Å²) in [5, 5.41) is 28.8.